The number of carbonyl (C=O) groups is 6. The van der Waals surface area contributed by atoms with Crippen molar-refractivity contribution >= 4 is 49.0 Å². The molecule has 346 valence electrons. The third-order valence-corrected chi connectivity index (χ3v) is 10.7. The Balaban J connectivity index is 0.0000106. The first-order valence-corrected chi connectivity index (χ1v) is 20.4. The van der Waals surface area contributed by atoms with Gasteiger partial charge in [-0.25, -0.2) is 13.9 Å². The third-order valence-electron chi connectivity index (χ3n) is 9.75. The minimum Gasteiger partial charge on any atom is -0.544 e. The molecule has 2 fully saturated rings. The maximum absolute atomic E-state index is 13.1. The number of nitrogens with one attached hydrogen (secondary N) is 2. The number of imide groups is 1. The van der Waals surface area contributed by atoms with Crippen LogP contribution in [0.25, 0.3) is 0 Å². The average molecular weight is 931 g/mol. The monoisotopic (exact) mass is 930 g/mol. The van der Waals surface area contributed by atoms with Gasteiger partial charge in [0.2, 0.25) is 17.6 Å². The van der Waals surface area contributed by atoms with Gasteiger partial charge in [0.25, 0.3) is 11.8 Å². The SMILES string of the molecule is Nc1ccn([C@@H]2O[C@H](COP(=O)(O)OC3(C(=O)[O-])CC(O)C(CC(=O)CNC(=O)CCOCCCNC(=O)CCN4C(=O)C=CC4=O)C(C(O)[C@H](O)CO)O3)[C@H](O)C2O)c(=O)n1.[Na+]. The van der Waals surface area contributed by atoms with E-state index in [1.807, 2.05) is 0 Å². The number of amides is 4. The first-order chi connectivity index (χ1) is 29.2. The van der Waals surface area contributed by atoms with Gasteiger partial charge in [0.15, 0.2) is 12.0 Å². The van der Waals surface area contributed by atoms with E-state index in [0.29, 0.717) is 6.42 Å². The van der Waals surface area contributed by atoms with E-state index >= 15 is 0 Å². The molecule has 27 nitrogen and oxygen atoms in total. The van der Waals surface area contributed by atoms with Crippen LogP contribution < -0.4 is 56.7 Å². The van der Waals surface area contributed by atoms with Crippen LogP contribution in [0, 0.1) is 5.92 Å². The zero-order chi connectivity index (χ0) is 45.9. The number of phosphoric ester groups is 1. The number of nitrogen functional groups attached to an aromatic ring is 1. The average Bonchev–Trinajstić information content (AvgIpc) is 3.69. The number of carboxylic acid groups (broad SMARTS) is 1. The largest absolute Gasteiger partial charge is 1.00 e. The number of aliphatic hydroxyl groups excluding tert-OH is 6. The summed E-state index contributed by atoms with van der Waals surface area (Å²) in [4.78, 5) is 99.9. The number of aromatic nitrogens is 2. The van der Waals surface area contributed by atoms with Crippen LogP contribution in [0.4, 0.5) is 5.82 Å². The molecule has 4 amide bonds. The number of hydrogen-bond acceptors (Lipinski definition) is 22. The number of ether oxygens (including phenoxy) is 3. The van der Waals surface area contributed by atoms with Crippen LogP contribution in [0.15, 0.2) is 29.2 Å². The Morgan fingerprint density at radius 1 is 1.05 bits per heavy atom. The van der Waals surface area contributed by atoms with Crippen LogP contribution in [0.2, 0.25) is 0 Å². The molecule has 0 saturated carbocycles. The molecule has 4 rings (SSSR count). The van der Waals surface area contributed by atoms with Crippen molar-refractivity contribution in [1.29, 1.82) is 0 Å². The molecule has 4 heterocycles. The molecule has 11 atom stereocenters. The Hall–Kier alpha value is -3.61. The Kier molecular flexibility index (Phi) is 20.5. The number of anilines is 1. The Labute approximate surface area is 379 Å². The first-order valence-electron chi connectivity index (χ1n) is 18.9. The van der Waals surface area contributed by atoms with Crippen molar-refractivity contribution in [3.8, 4) is 0 Å². The minimum atomic E-state index is -5.69. The second-order valence-electron chi connectivity index (χ2n) is 14.2. The van der Waals surface area contributed by atoms with Gasteiger partial charge in [-0.05, 0) is 12.5 Å². The van der Waals surface area contributed by atoms with E-state index in [1.165, 1.54) is 6.07 Å². The van der Waals surface area contributed by atoms with Gasteiger partial charge in [-0.2, -0.15) is 4.98 Å². The van der Waals surface area contributed by atoms with Crippen molar-refractivity contribution in [1.82, 2.24) is 25.1 Å². The van der Waals surface area contributed by atoms with E-state index in [9.17, 15) is 78.8 Å². The topological polar surface area (TPSA) is 419 Å². The second-order valence-corrected chi connectivity index (χ2v) is 15.6. The summed E-state index contributed by atoms with van der Waals surface area (Å²) in [6.07, 6.45) is -14.1. The fraction of sp³-hybridized carbons (Fsp3) is 0.647. The molecule has 63 heavy (non-hydrogen) atoms. The molecule has 1 aromatic heterocycles. The van der Waals surface area contributed by atoms with Gasteiger partial charge in [0, 0.05) is 69.6 Å². The number of aliphatic hydroxyl groups is 6. The van der Waals surface area contributed by atoms with Crippen molar-refractivity contribution in [3.05, 3.63) is 34.9 Å². The summed E-state index contributed by atoms with van der Waals surface area (Å²) in [6, 6.07) is 1.18. The first kappa shape index (κ1) is 53.7. The van der Waals surface area contributed by atoms with Crippen LogP contribution in [0.1, 0.15) is 38.3 Å². The summed E-state index contributed by atoms with van der Waals surface area (Å²) in [7, 11) is -5.69. The Bertz CT molecular complexity index is 1920. The quantitative estimate of drug-likeness (QED) is 0.0199. The zero-order valence-corrected chi connectivity index (χ0v) is 36.6. The molecule has 0 aliphatic carbocycles. The number of carboxylic acids is 1. The summed E-state index contributed by atoms with van der Waals surface area (Å²) in [5, 5.41) is 79.8. The molecule has 3 aliphatic heterocycles. The van der Waals surface area contributed by atoms with Crippen LogP contribution in [-0.2, 0) is 56.6 Å². The summed E-state index contributed by atoms with van der Waals surface area (Å²) in [5.74, 6) is -10.5. The number of carbonyl (C=O) groups excluding carboxylic acids is 6. The molecule has 0 radical (unpaired) electrons. The van der Waals surface area contributed by atoms with Crippen molar-refractivity contribution in [2.75, 3.05) is 51.8 Å². The minimum absolute atomic E-state index is 0. The van der Waals surface area contributed by atoms with E-state index in [1.54, 1.807) is 0 Å². The van der Waals surface area contributed by atoms with Crippen molar-refractivity contribution in [2.45, 2.75) is 86.8 Å². The number of nitrogens with zero attached hydrogens (tertiary/aromatic N) is 3. The summed E-state index contributed by atoms with van der Waals surface area (Å²) < 4.78 is 39.6. The fourth-order valence-electron chi connectivity index (χ4n) is 6.47. The van der Waals surface area contributed by atoms with Gasteiger partial charge in [0.1, 0.15) is 42.3 Å². The van der Waals surface area contributed by atoms with Crippen molar-refractivity contribution < 1.29 is 127 Å². The van der Waals surface area contributed by atoms with Gasteiger partial charge in [0.05, 0.1) is 38.6 Å². The molecule has 0 spiro atoms. The van der Waals surface area contributed by atoms with Gasteiger partial charge < -0.3 is 76.0 Å². The van der Waals surface area contributed by atoms with Crippen molar-refractivity contribution in [3.63, 3.8) is 0 Å². The number of hydrogen-bond donors (Lipinski definition) is 10. The molecule has 2 saturated heterocycles. The molecule has 0 bridgehead atoms. The van der Waals surface area contributed by atoms with Gasteiger partial charge in [-0.1, -0.05) is 0 Å². The predicted octanol–water partition coefficient (Wildman–Crippen LogP) is -10.2. The Morgan fingerprint density at radius 2 is 1.71 bits per heavy atom. The van der Waals surface area contributed by atoms with Crippen LogP contribution in [0.3, 0.4) is 0 Å². The molecular formula is C34H48N6NaO21P. The van der Waals surface area contributed by atoms with Crippen LogP contribution in [-0.4, -0.2) is 180 Å². The van der Waals surface area contributed by atoms with E-state index in [0.717, 1.165) is 27.8 Å². The van der Waals surface area contributed by atoms with Gasteiger partial charge in [-0.3, -0.25) is 38.0 Å². The number of phosphoric acid groups is 1. The normalized spacial score (nSPS) is 27.6. The van der Waals surface area contributed by atoms with E-state index in [2.05, 4.69) is 15.6 Å². The molecule has 29 heteroatoms. The number of rotatable bonds is 24. The number of aliphatic carboxylic acids is 1. The molecular weight excluding hydrogens is 882 g/mol. The van der Waals surface area contributed by atoms with Crippen LogP contribution in [0.5, 0.6) is 0 Å². The molecule has 0 aromatic carbocycles. The summed E-state index contributed by atoms with van der Waals surface area (Å²) in [6.45, 7) is -2.72. The molecule has 3 aliphatic rings. The number of nitrogens with two attached hydrogens (primary N) is 1. The van der Waals surface area contributed by atoms with Gasteiger partial charge >= 0.3 is 43.1 Å². The number of Topliss-reactive ketones (excluding diaryl/α,β-unsaturated/α-hetero) is 1. The smallest absolute Gasteiger partial charge is 0.544 e. The van der Waals surface area contributed by atoms with E-state index in [4.69, 9.17) is 29.0 Å². The fourth-order valence-corrected chi connectivity index (χ4v) is 7.42. The van der Waals surface area contributed by atoms with Crippen molar-refractivity contribution in [2.24, 2.45) is 5.92 Å². The maximum Gasteiger partial charge on any atom is 1.00 e. The standard InChI is InChI=1S/C34H49N6O21P.Na/c35-22-4-8-40(33(54)38-22)31-29(51)28(50)21(59-31)16-58-62(55,56)61-34(32(52)53)13-19(43)18(30(60-34)27(49)20(44)15-41)12-17(42)14-37-24(46)6-11-57-10-1-7-36-23(45)5-9-39-25(47)2-3-26(39)48;/h2-4,8,18-21,27-31,41,43-44,49-51H,1,5-7,9-16H2,(H,36,45)(H,37,46)(H,52,53)(H,55,56)(H2,35,38,54);/q;+1/p-1/t18?,19?,20-,21-,27?,28+,29?,30?,31-,34?;/m1./s1. The summed E-state index contributed by atoms with van der Waals surface area (Å²) in [5.41, 5.74) is 4.46. The van der Waals surface area contributed by atoms with E-state index < -0.39 is 142 Å². The Morgan fingerprint density at radius 3 is 2.35 bits per heavy atom. The van der Waals surface area contributed by atoms with Crippen LogP contribution >= 0.6 is 7.82 Å². The molecule has 11 N–H and O–H groups in total. The molecule has 7 unspecified atom stereocenters. The molecule has 1 aromatic rings. The second kappa shape index (κ2) is 24.1. The van der Waals surface area contributed by atoms with E-state index in [-0.39, 0.29) is 74.5 Å². The zero-order valence-electron chi connectivity index (χ0n) is 33.7. The van der Waals surface area contributed by atoms with Gasteiger partial charge in [-0.15, -0.1) is 0 Å². The number of ketones is 1. The predicted molar refractivity (Wildman–Crippen MR) is 198 cm³/mol. The third kappa shape index (κ3) is 14.7. The summed E-state index contributed by atoms with van der Waals surface area (Å²) >= 11 is 0. The maximum atomic E-state index is 13.1.